The van der Waals surface area contributed by atoms with Crippen molar-refractivity contribution in [2.75, 3.05) is 7.11 Å². The van der Waals surface area contributed by atoms with E-state index in [1.165, 1.54) is 13.2 Å². The Morgan fingerprint density at radius 3 is 2.62 bits per heavy atom. The van der Waals surface area contributed by atoms with Crippen molar-refractivity contribution < 1.29 is 27.8 Å². The van der Waals surface area contributed by atoms with E-state index < -0.39 is 29.8 Å². The van der Waals surface area contributed by atoms with Crippen LogP contribution in [0, 0.1) is 0 Å². The van der Waals surface area contributed by atoms with Crippen molar-refractivity contribution in [3.63, 3.8) is 0 Å². The van der Waals surface area contributed by atoms with Crippen LogP contribution < -0.4 is 4.74 Å². The number of aromatic nitrogens is 1. The number of hydrogen-bond acceptors (Lipinski definition) is 3. The zero-order valence-corrected chi connectivity index (χ0v) is 8.21. The molecule has 1 N–H and O–H groups in total. The highest BCUT2D eigenvalue weighted by atomic mass is 19.4. The lowest BCUT2D eigenvalue weighted by atomic mass is 10.1. The second-order valence-electron chi connectivity index (χ2n) is 2.91. The molecule has 7 heteroatoms. The number of aliphatic carboxylic acids is 1. The second kappa shape index (κ2) is 4.38. The Kier molecular flexibility index (Phi) is 3.36. The number of ether oxygens (including phenoxy) is 1. The van der Waals surface area contributed by atoms with Crippen molar-refractivity contribution in [1.29, 1.82) is 0 Å². The Morgan fingerprint density at radius 2 is 2.19 bits per heavy atom. The summed E-state index contributed by atoms with van der Waals surface area (Å²) in [6.07, 6.45) is -4.56. The molecule has 0 aromatic carbocycles. The first-order valence-corrected chi connectivity index (χ1v) is 4.17. The van der Waals surface area contributed by atoms with Gasteiger partial charge in [-0.3, -0.25) is 9.78 Å². The molecule has 16 heavy (non-hydrogen) atoms. The number of alkyl halides is 3. The fraction of sp³-hybridized carbons (Fsp3) is 0.333. The van der Waals surface area contributed by atoms with Gasteiger partial charge in [0.2, 0.25) is 0 Å². The minimum Gasteiger partial charge on any atom is -0.496 e. The van der Waals surface area contributed by atoms with Gasteiger partial charge in [-0.25, -0.2) is 0 Å². The molecule has 0 aliphatic heterocycles. The maximum Gasteiger partial charge on any atom is 0.433 e. The summed E-state index contributed by atoms with van der Waals surface area (Å²) in [4.78, 5) is 13.6. The van der Waals surface area contributed by atoms with Gasteiger partial charge in [0, 0.05) is 11.8 Å². The molecular weight excluding hydrogens is 227 g/mol. The Bertz CT molecular complexity index is 403. The summed E-state index contributed by atoms with van der Waals surface area (Å²) in [6.45, 7) is 0. The molecule has 0 atom stereocenters. The number of methoxy groups -OCH3 is 1. The van der Waals surface area contributed by atoms with Gasteiger partial charge >= 0.3 is 12.1 Å². The molecule has 0 spiro atoms. The fourth-order valence-corrected chi connectivity index (χ4v) is 1.23. The first-order valence-electron chi connectivity index (χ1n) is 4.17. The van der Waals surface area contributed by atoms with E-state index in [0.717, 1.165) is 6.20 Å². The van der Waals surface area contributed by atoms with Gasteiger partial charge in [0.1, 0.15) is 5.75 Å². The van der Waals surface area contributed by atoms with Crippen molar-refractivity contribution in [3.8, 4) is 5.75 Å². The fourth-order valence-electron chi connectivity index (χ4n) is 1.23. The van der Waals surface area contributed by atoms with Gasteiger partial charge in [0.25, 0.3) is 0 Å². The highest BCUT2D eigenvalue weighted by molar-refractivity contribution is 5.71. The van der Waals surface area contributed by atoms with Crippen LogP contribution >= 0.6 is 0 Å². The summed E-state index contributed by atoms with van der Waals surface area (Å²) < 4.78 is 42.2. The first kappa shape index (κ1) is 12.3. The molecular formula is C9H8F3NO3. The Morgan fingerprint density at radius 1 is 1.56 bits per heavy atom. The monoisotopic (exact) mass is 235 g/mol. The molecule has 0 aliphatic rings. The predicted octanol–water partition coefficient (Wildman–Crippen LogP) is 1.74. The van der Waals surface area contributed by atoms with Crippen LogP contribution in [0.5, 0.6) is 5.75 Å². The van der Waals surface area contributed by atoms with Gasteiger partial charge in [-0.2, -0.15) is 13.2 Å². The van der Waals surface area contributed by atoms with Crippen molar-refractivity contribution >= 4 is 5.97 Å². The van der Waals surface area contributed by atoms with E-state index in [1.807, 2.05) is 0 Å². The number of nitrogens with zero attached hydrogens (tertiary/aromatic N) is 1. The third-order valence-corrected chi connectivity index (χ3v) is 1.83. The number of carboxylic acids is 1. The highest BCUT2D eigenvalue weighted by Gasteiger charge is 2.37. The maximum absolute atomic E-state index is 12.5. The topological polar surface area (TPSA) is 59.4 Å². The predicted molar refractivity (Wildman–Crippen MR) is 47.1 cm³/mol. The minimum absolute atomic E-state index is 0.135. The lowest BCUT2D eigenvalue weighted by molar-refractivity contribution is -0.142. The summed E-state index contributed by atoms with van der Waals surface area (Å²) in [5, 5.41) is 8.53. The van der Waals surface area contributed by atoms with Gasteiger partial charge in [0.05, 0.1) is 13.5 Å². The third kappa shape index (κ3) is 2.62. The molecule has 0 amide bonds. The highest BCUT2D eigenvalue weighted by Crippen LogP contribution is 2.34. The van der Waals surface area contributed by atoms with E-state index in [-0.39, 0.29) is 5.75 Å². The van der Waals surface area contributed by atoms with E-state index in [9.17, 15) is 18.0 Å². The standard InChI is InChI=1S/C9H8F3NO3/c1-16-6-2-3-13-8(9(10,11)12)5(6)4-7(14)15/h2-3H,4H2,1H3,(H,14,15). The Labute approximate surface area is 88.7 Å². The molecule has 0 saturated carbocycles. The molecule has 1 aromatic rings. The molecule has 0 bridgehead atoms. The zero-order chi connectivity index (χ0) is 12.3. The molecule has 1 heterocycles. The normalized spacial score (nSPS) is 11.2. The van der Waals surface area contributed by atoms with Crippen LogP contribution in [-0.4, -0.2) is 23.2 Å². The largest absolute Gasteiger partial charge is 0.496 e. The lowest BCUT2D eigenvalue weighted by Crippen LogP contribution is -2.15. The molecule has 1 rings (SSSR count). The van der Waals surface area contributed by atoms with Crippen LogP contribution in [0.25, 0.3) is 0 Å². The van der Waals surface area contributed by atoms with E-state index in [0.29, 0.717) is 0 Å². The van der Waals surface area contributed by atoms with E-state index >= 15 is 0 Å². The summed E-state index contributed by atoms with van der Waals surface area (Å²) in [7, 11) is 1.17. The maximum atomic E-state index is 12.5. The van der Waals surface area contributed by atoms with Crippen LogP contribution in [-0.2, 0) is 17.4 Å². The molecule has 88 valence electrons. The number of halogens is 3. The van der Waals surface area contributed by atoms with Crippen LogP contribution in [0.2, 0.25) is 0 Å². The molecule has 0 fully saturated rings. The van der Waals surface area contributed by atoms with Crippen LogP contribution in [0.3, 0.4) is 0 Å². The molecule has 0 unspecified atom stereocenters. The number of carboxylic acid groups (broad SMARTS) is 1. The van der Waals surface area contributed by atoms with Crippen LogP contribution in [0.15, 0.2) is 12.3 Å². The number of hydrogen-bond donors (Lipinski definition) is 1. The Hall–Kier alpha value is -1.79. The number of rotatable bonds is 3. The van der Waals surface area contributed by atoms with Crippen molar-refractivity contribution in [2.24, 2.45) is 0 Å². The first-order chi connectivity index (χ1) is 7.36. The van der Waals surface area contributed by atoms with Crippen LogP contribution in [0.4, 0.5) is 13.2 Å². The quantitative estimate of drug-likeness (QED) is 0.866. The van der Waals surface area contributed by atoms with Crippen LogP contribution in [0.1, 0.15) is 11.3 Å². The van der Waals surface area contributed by atoms with E-state index in [2.05, 4.69) is 9.72 Å². The molecule has 0 radical (unpaired) electrons. The molecule has 4 nitrogen and oxygen atoms in total. The minimum atomic E-state index is -4.70. The van der Waals surface area contributed by atoms with Gasteiger partial charge in [-0.05, 0) is 6.07 Å². The smallest absolute Gasteiger partial charge is 0.433 e. The summed E-state index contributed by atoms with van der Waals surface area (Å²) >= 11 is 0. The van der Waals surface area contributed by atoms with Crippen molar-refractivity contribution in [2.45, 2.75) is 12.6 Å². The lowest BCUT2D eigenvalue weighted by Gasteiger charge is -2.13. The van der Waals surface area contributed by atoms with Crippen molar-refractivity contribution in [1.82, 2.24) is 4.98 Å². The Balaban J connectivity index is 3.31. The second-order valence-corrected chi connectivity index (χ2v) is 2.91. The van der Waals surface area contributed by atoms with Gasteiger partial charge in [-0.15, -0.1) is 0 Å². The summed E-state index contributed by atoms with van der Waals surface area (Å²) in [5.41, 5.74) is -1.70. The number of carbonyl (C=O) groups is 1. The average Bonchev–Trinajstić information content (AvgIpc) is 2.15. The van der Waals surface area contributed by atoms with E-state index in [4.69, 9.17) is 5.11 Å². The SMILES string of the molecule is COc1ccnc(C(F)(F)F)c1CC(=O)O. The van der Waals surface area contributed by atoms with E-state index in [1.54, 1.807) is 0 Å². The summed E-state index contributed by atoms with van der Waals surface area (Å²) in [5.74, 6) is -1.51. The zero-order valence-electron chi connectivity index (χ0n) is 8.21. The average molecular weight is 235 g/mol. The molecule has 0 aliphatic carbocycles. The van der Waals surface area contributed by atoms with Gasteiger partial charge in [-0.1, -0.05) is 0 Å². The van der Waals surface area contributed by atoms with Gasteiger partial charge in [0.15, 0.2) is 5.69 Å². The number of pyridine rings is 1. The molecule has 1 aromatic heterocycles. The third-order valence-electron chi connectivity index (χ3n) is 1.83. The van der Waals surface area contributed by atoms with Crippen molar-refractivity contribution in [3.05, 3.63) is 23.5 Å². The molecule has 0 saturated heterocycles. The van der Waals surface area contributed by atoms with Gasteiger partial charge < -0.3 is 9.84 Å². The summed E-state index contributed by atoms with van der Waals surface area (Å²) in [6, 6.07) is 1.19.